The first kappa shape index (κ1) is 20.7. The maximum Gasteiger partial charge on any atom is 0.262 e. The molecule has 1 amide bonds. The Morgan fingerprint density at radius 2 is 1.93 bits per heavy atom. The highest BCUT2D eigenvalue weighted by Gasteiger charge is 2.17. The highest BCUT2D eigenvalue weighted by Crippen LogP contribution is 2.23. The van der Waals surface area contributed by atoms with Crippen LogP contribution in [0.15, 0.2) is 42.5 Å². The fourth-order valence-electron chi connectivity index (χ4n) is 3.87. The van der Waals surface area contributed by atoms with Gasteiger partial charge in [-0.2, -0.15) is 0 Å². The van der Waals surface area contributed by atoms with Crippen LogP contribution >= 0.6 is 11.6 Å². The zero-order chi connectivity index (χ0) is 20.9. The van der Waals surface area contributed by atoms with Crippen LogP contribution in [0.25, 0.3) is 11.0 Å². The smallest absolute Gasteiger partial charge is 0.262 e. The Bertz CT molecular complexity index is 1010. The Morgan fingerprint density at radius 1 is 1.17 bits per heavy atom. The summed E-state index contributed by atoms with van der Waals surface area (Å²) in [5, 5.41) is 3.53. The normalized spacial score (nSPS) is 14.3. The quantitative estimate of drug-likeness (QED) is 0.566. The van der Waals surface area contributed by atoms with E-state index in [1.807, 2.05) is 18.2 Å². The van der Waals surface area contributed by atoms with Crippen molar-refractivity contribution in [2.75, 3.05) is 25.0 Å². The molecule has 1 aromatic heterocycles. The maximum atomic E-state index is 12.3. The molecule has 0 aliphatic carbocycles. The third-order valence-electron chi connectivity index (χ3n) is 5.31. The Hall–Kier alpha value is -2.57. The average Bonchev–Trinajstić information content (AvgIpc) is 3.36. The molecular weight excluding hydrogens is 400 g/mol. The van der Waals surface area contributed by atoms with Gasteiger partial charge < -0.3 is 14.6 Å². The van der Waals surface area contributed by atoms with Crippen LogP contribution < -0.4 is 10.1 Å². The minimum absolute atomic E-state index is 0.0653. The van der Waals surface area contributed by atoms with Crippen LogP contribution in [-0.4, -0.2) is 40.1 Å². The number of anilines is 1. The van der Waals surface area contributed by atoms with E-state index in [0.717, 1.165) is 55.1 Å². The van der Waals surface area contributed by atoms with Gasteiger partial charge in [-0.05, 0) is 74.8 Å². The highest BCUT2D eigenvalue weighted by molar-refractivity contribution is 6.30. The van der Waals surface area contributed by atoms with Crippen molar-refractivity contribution >= 4 is 34.2 Å². The molecule has 6 nitrogen and oxygen atoms in total. The fraction of sp³-hybridized carbons (Fsp3) is 0.391. The lowest BCUT2D eigenvalue weighted by Crippen LogP contribution is -2.21. The van der Waals surface area contributed by atoms with Crippen LogP contribution in [0.1, 0.15) is 32.0 Å². The first-order valence-corrected chi connectivity index (χ1v) is 10.9. The van der Waals surface area contributed by atoms with Gasteiger partial charge in [-0.1, -0.05) is 18.5 Å². The molecule has 1 aliphatic heterocycles. The molecule has 1 aliphatic rings. The van der Waals surface area contributed by atoms with Gasteiger partial charge in [0.2, 0.25) is 0 Å². The van der Waals surface area contributed by atoms with Crippen molar-refractivity contribution in [1.82, 2.24) is 14.5 Å². The molecule has 30 heavy (non-hydrogen) atoms. The zero-order valence-electron chi connectivity index (χ0n) is 17.2. The van der Waals surface area contributed by atoms with Gasteiger partial charge in [0.15, 0.2) is 6.61 Å². The predicted octanol–water partition coefficient (Wildman–Crippen LogP) is 4.71. The van der Waals surface area contributed by atoms with Crippen LogP contribution in [0.2, 0.25) is 5.02 Å². The third kappa shape index (κ3) is 4.94. The van der Waals surface area contributed by atoms with Crippen LogP contribution in [-0.2, 0) is 17.9 Å². The number of hydrogen-bond donors (Lipinski definition) is 1. The van der Waals surface area contributed by atoms with Crippen molar-refractivity contribution in [3.05, 3.63) is 53.3 Å². The largest absolute Gasteiger partial charge is 0.484 e. The number of benzene rings is 2. The molecule has 3 aromatic rings. The second-order valence-corrected chi connectivity index (χ2v) is 8.09. The number of hydrogen-bond acceptors (Lipinski definition) is 4. The number of rotatable bonds is 8. The van der Waals surface area contributed by atoms with E-state index in [0.29, 0.717) is 10.8 Å². The summed E-state index contributed by atoms with van der Waals surface area (Å²) in [6.45, 7) is 6.23. The predicted molar refractivity (Wildman–Crippen MR) is 120 cm³/mol. The number of carbonyl (C=O) groups is 1. The van der Waals surface area contributed by atoms with E-state index in [2.05, 4.69) is 21.7 Å². The average molecular weight is 427 g/mol. The number of fused-ring (bicyclic) bond motifs is 1. The summed E-state index contributed by atoms with van der Waals surface area (Å²) in [6.07, 6.45) is 3.59. The Morgan fingerprint density at radius 3 is 2.67 bits per heavy atom. The molecule has 158 valence electrons. The molecular formula is C23H27ClN4O2. The van der Waals surface area contributed by atoms with E-state index >= 15 is 0 Å². The van der Waals surface area contributed by atoms with Gasteiger partial charge in [0.1, 0.15) is 11.6 Å². The van der Waals surface area contributed by atoms with E-state index in [4.69, 9.17) is 21.3 Å². The summed E-state index contributed by atoms with van der Waals surface area (Å²) in [6, 6.07) is 12.9. The lowest BCUT2D eigenvalue weighted by molar-refractivity contribution is -0.118. The van der Waals surface area contributed by atoms with Crippen molar-refractivity contribution in [3.63, 3.8) is 0 Å². The van der Waals surface area contributed by atoms with Crippen LogP contribution in [0, 0.1) is 0 Å². The first-order chi connectivity index (χ1) is 14.6. The number of imidazole rings is 1. The second kappa shape index (κ2) is 9.49. The molecule has 0 spiro atoms. The standard InChI is InChI=1S/C23H27ClN4O2/c1-2-11-28-21-10-7-18(14-20(21)26-22(28)15-27-12-3-4-13-27)25-23(29)16-30-19-8-5-17(24)6-9-19/h5-10,14H,2-4,11-13,15-16H2,1H3,(H,25,29). The lowest BCUT2D eigenvalue weighted by atomic mass is 10.2. The number of carbonyl (C=O) groups excluding carboxylic acids is 1. The number of likely N-dealkylation sites (tertiary alicyclic amines) is 1. The third-order valence-corrected chi connectivity index (χ3v) is 5.56. The second-order valence-electron chi connectivity index (χ2n) is 7.66. The van der Waals surface area contributed by atoms with Gasteiger partial charge in [0.05, 0.1) is 17.6 Å². The Kier molecular flexibility index (Phi) is 6.55. The molecule has 0 atom stereocenters. The fourth-order valence-corrected chi connectivity index (χ4v) is 3.99. The van der Waals surface area contributed by atoms with Gasteiger partial charge in [0.25, 0.3) is 5.91 Å². The van der Waals surface area contributed by atoms with Crippen molar-refractivity contribution < 1.29 is 9.53 Å². The molecule has 1 N–H and O–H groups in total. The number of halogens is 1. The molecule has 4 rings (SSSR count). The molecule has 0 saturated carbocycles. The van der Waals surface area contributed by atoms with Gasteiger partial charge >= 0.3 is 0 Å². The summed E-state index contributed by atoms with van der Waals surface area (Å²) in [4.78, 5) is 19.7. The highest BCUT2D eigenvalue weighted by atomic mass is 35.5. The van der Waals surface area contributed by atoms with E-state index in [1.54, 1.807) is 24.3 Å². The molecule has 1 fully saturated rings. The van der Waals surface area contributed by atoms with E-state index in [-0.39, 0.29) is 12.5 Å². The van der Waals surface area contributed by atoms with Crippen molar-refractivity contribution in [2.45, 2.75) is 39.3 Å². The van der Waals surface area contributed by atoms with Crippen molar-refractivity contribution in [1.29, 1.82) is 0 Å². The summed E-state index contributed by atoms with van der Waals surface area (Å²) in [5.41, 5.74) is 2.75. The first-order valence-electron chi connectivity index (χ1n) is 10.5. The molecule has 0 radical (unpaired) electrons. The van der Waals surface area contributed by atoms with Gasteiger partial charge in [-0.25, -0.2) is 4.98 Å². The Labute approximate surface area is 181 Å². The number of nitrogens with one attached hydrogen (secondary N) is 1. The number of amides is 1. The Balaban J connectivity index is 1.45. The monoisotopic (exact) mass is 426 g/mol. The van der Waals surface area contributed by atoms with Gasteiger partial charge in [-0.15, -0.1) is 0 Å². The van der Waals surface area contributed by atoms with E-state index < -0.39 is 0 Å². The minimum Gasteiger partial charge on any atom is -0.484 e. The SMILES string of the molecule is CCCn1c(CN2CCCC2)nc2cc(NC(=O)COc3ccc(Cl)cc3)ccc21. The van der Waals surface area contributed by atoms with Gasteiger partial charge in [-0.3, -0.25) is 9.69 Å². The summed E-state index contributed by atoms with van der Waals surface area (Å²) < 4.78 is 7.82. The molecule has 1 saturated heterocycles. The number of nitrogens with zero attached hydrogens (tertiary/aromatic N) is 3. The molecule has 7 heteroatoms. The summed E-state index contributed by atoms with van der Waals surface area (Å²) >= 11 is 5.86. The van der Waals surface area contributed by atoms with Crippen LogP contribution in [0.5, 0.6) is 5.75 Å². The molecule has 2 aromatic carbocycles. The number of ether oxygens (including phenoxy) is 1. The van der Waals surface area contributed by atoms with Crippen LogP contribution in [0.3, 0.4) is 0 Å². The van der Waals surface area contributed by atoms with Gasteiger partial charge in [0, 0.05) is 17.3 Å². The zero-order valence-corrected chi connectivity index (χ0v) is 18.0. The molecule has 2 heterocycles. The van der Waals surface area contributed by atoms with E-state index in [1.165, 1.54) is 12.8 Å². The topological polar surface area (TPSA) is 59.4 Å². The number of aromatic nitrogens is 2. The number of aryl methyl sites for hydroxylation is 1. The van der Waals surface area contributed by atoms with Crippen LogP contribution in [0.4, 0.5) is 5.69 Å². The molecule has 0 unspecified atom stereocenters. The maximum absolute atomic E-state index is 12.3. The summed E-state index contributed by atoms with van der Waals surface area (Å²) in [7, 11) is 0. The van der Waals surface area contributed by atoms with Crippen molar-refractivity contribution in [3.8, 4) is 5.75 Å². The minimum atomic E-state index is -0.213. The molecule has 0 bridgehead atoms. The van der Waals surface area contributed by atoms with Crippen molar-refractivity contribution in [2.24, 2.45) is 0 Å². The lowest BCUT2D eigenvalue weighted by Gasteiger charge is -2.15. The van der Waals surface area contributed by atoms with E-state index in [9.17, 15) is 4.79 Å². The summed E-state index contributed by atoms with van der Waals surface area (Å²) in [5.74, 6) is 1.49.